The number of hydrogen-bond acceptors (Lipinski definition) is 7. The molecular weight excluding hydrogens is 370 g/mol. The summed E-state index contributed by atoms with van der Waals surface area (Å²) >= 11 is 0.849. The van der Waals surface area contributed by atoms with Gasteiger partial charge in [0.25, 0.3) is 16.8 Å². The number of thioether (sulfide) groups is 1. The molecule has 0 bridgehead atoms. The van der Waals surface area contributed by atoms with Gasteiger partial charge in [0.2, 0.25) is 0 Å². The number of nitro groups is 1. The minimum absolute atomic E-state index is 0.0754. The first kappa shape index (κ1) is 18.5. The lowest BCUT2D eigenvalue weighted by atomic mass is 10.2. The highest BCUT2D eigenvalue weighted by Crippen LogP contribution is 2.32. The van der Waals surface area contributed by atoms with Crippen LogP contribution in [0.3, 0.4) is 0 Å². The molecule has 0 atom stereocenters. The molecule has 1 heterocycles. The monoisotopic (exact) mass is 385 g/mol. The standard InChI is InChI=1S/C18H15N3O5S/c1-26-15-7-5-12(6-8-15)9-16-17(22)20(18(23)27-16)11-19-13-3-2-4-14(10-13)21(24)25/h2-10,19H,11H2,1H3. The number of rotatable bonds is 6. The second-order valence-corrected chi connectivity index (χ2v) is 6.52. The average Bonchev–Trinajstić information content (AvgIpc) is 2.94. The second kappa shape index (κ2) is 7.92. The van der Waals surface area contributed by atoms with E-state index in [0.717, 1.165) is 22.2 Å². The average molecular weight is 385 g/mol. The fourth-order valence-electron chi connectivity index (χ4n) is 2.39. The lowest BCUT2D eigenvalue weighted by molar-refractivity contribution is -0.384. The van der Waals surface area contributed by atoms with Gasteiger partial charge >= 0.3 is 0 Å². The van der Waals surface area contributed by atoms with Crippen molar-refractivity contribution in [3.63, 3.8) is 0 Å². The fourth-order valence-corrected chi connectivity index (χ4v) is 3.23. The van der Waals surface area contributed by atoms with E-state index < -0.39 is 16.1 Å². The minimum atomic E-state index is -0.511. The maximum absolute atomic E-state index is 12.5. The molecule has 27 heavy (non-hydrogen) atoms. The number of ether oxygens (including phenoxy) is 1. The smallest absolute Gasteiger partial charge is 0.295 e. The Morgan fingerprint density at radius 1 is 1.22 bits per heavy atom. The van der Waals surface area contributed by atoms with Gasteiger partial charge in [0.05, 0.1) is 23.6 Å². The highest BCUT2D eigenvalue weighted by molar-refractivity contribution is 8.18. The van der Waals surface area contributed by atoms with E-state index in [1.807, 2.05) is 0 Å². The molecule has 2 amide bonds. The molecule has 8 nitrogen and oxygen atoms in total. The van der Waals surface area contributed by atoms with Gasteiger partial charge in [-0.3, -0.25) is 24.6 Å². The lowest BCUT2D eigenvalue weighted by Gasteiger charge is -2.14. The molecule has 2 aromatic carbocycles. The number of hydrogen-bond donors (Lipinski definition) is 1. The number of carbonyl (C=O) groups is 2. The maximum atomic E-state index is 12.5. The van der Waals surface area contributed by atoms with Crippen LogP contribution in [-0.2, 0) is 4.79 Å². The zero-order chi connectivity index (χ0) is 19.4. The molecule has 1 N–H and O–H groups in total. The summed E-state index contributed by atoms with van der Waals surface area (Å²) in [6, 6.07) is 13.0. The Labute approximate surface area is 159 Å². The van der Waals surface area contributed by atoms with Crippen LogP contribution >= 0.6 is 11.8 Å². The quantitative estimate of drug-likeness (QED) is 0.459. The molecule has 1 saturated heterocycles. The number of amides is 2. The summed E-state index contributed by atoms with van der Waals surface area (Å²) in [7, 11) is 1.56. The topological polar surface area (TPSA) is 102 Å². The second-order valence-electron chi connectivity index (χ2n) is 5.53. The molecule has 1 aliphatic rings. The molecule has 138 valence electrons. The number of carbonyl (C=O) groups excluding carboxylic acids is 2. The van der Waals surface area contributed by atoms with Gasteiger partial charge in [0.15, 0.2) is 0 Å². The van der Waals surface area contributed by atoms with Crippen molar-refractivity contribution in [3.8, 4) is 5.75 Å². The highest BCUT2D eigenvalue weighted by atomic mass is 32.2. The van der Waals surface area contributed by atoms with Crippen molar-refractivity contribution in [1.29, 1.82) is 0 Å². The first-order valence-electron chi connectivity index (χ1n) is 7.85. The zero-order valence-electron chi connectivity index (χ0n) is 14.2. The molecule has 3 rings (SSSR count). The first-order valence-corrected chi connectivity index (χ1v) is 8.67. The van der Waals surface area contributed by atoms with E-state index in [0.29, 0.717) is 16.3 Å². The number of imide groups is 1. The maximum Gasteiger partial charge on any atom is 0.295 e. The number of nitrogens with one attached hydrogen (secondary N) is 1. The largest absolute Gasteiger partial charge is 0.497 e. The summed E-state index contributed by atoms with van der Waals surface area (Å²) in [5.74, 6) is 0.278. The van der Waals surface area contributed by atoms with E-state index in [1.165, 1.54) is 18.2 Å². The van der Waals surface area contributed by atoms with E-state index in [2.05, 4.69) is 5.32 Å². The van der Waals surface area contributed by atoms with Gasteiger partial charge in [0.1, 0.15) is 5.75 Å². The summed E-state index contributed by atoms with van der Waals surface area (Å²) in [5, 5.41) is 13.3. The minimum Gasteiger partial charge on any atom is -0.497 e. The van der Waals surface area contributed by atoms with Crippen LogP contribution in [0.25, 0.3) is 6.08 Å². The van der Waals surface area contributed by atoms with Crippen LogP contribution in [0.4, 0.5) is 16.2 Å². The number of methoxy groups -OCH3 is 1. The van der Waals surface area contributed by atoms with E-state index in [-0.39, 0.29) is 12.4 Å². The normalized spacial score (nSPS) is 15.3. The van der Waals surface area contributed by atoms with Crippen molar-refractivity contribution in [3.05, 3.63) is 69.1 Å². The van der Waals surface area contributed by atoms with E-state index in [4.69, 9.17) is 4.74 Å². The summed E-state index contributed by atoms with van der Waals surface area (Å²) in [5.41, 5.74) is 1.14. The molecule has 9 heteroatoms. The van der Waals surface area contributed by atoms with Crippen molar-refractivity contribution < 1.29 is 19.2 Å². The molecule has 2 aromatic rings. The number of anilines is 1. The molecule has 0 saturated carbocycles. The third-order valence-electron chi connectivity index (χ3n) is 3.79. The molecule has 0 radical (unpaired) electrons. The number of non-ortho nitro benzene ring substituents is 1. The number of benzene rings is 2. The van der Waals surface area contributed by atoms with Crippen LogP contribution in [0.2, 0.25) is 0 Å². The number of nitro benzene ring substituents is 1. The Morgan fingerprint density at radius 3 is 2.63 bits per heavy atom. The summed E-state index contributed by atoms with van der Waals surface area (Å²) in [4.78, 5) is 36.3. The predicted molar refractivity (Wildman–Crippen MR) is 102 cm³/mol. The Balaban J connectivity index is 1.69. The van der Waals surface area contributed by atoms with Crippen molar-refractivity contribution in [2.24, 2.45) is 0 Å². The molecule has 0 aliphatic carbocycles. The third kappa shape index (κ3) is 4.26. The van der Waals surface area contributed by atoms with Crippen LogP contribution < -0.4 is 10.1 Å². The molecule has 0 spiro atoms. The van der Waals surface area contributed by atoms with Gasteiger partial charge in [0, 0.05) is 17.8 Å². The fraction of sp³-hybridized carbons (Fsp3) is 0.111. The van der Waals surface area contributed by atoms with Crippen LogP contribution in [0, 0.1) is 10.1 Å². The molecule has 0 unspecified atom stereocenters. The number of nitrogens with zero attached hydrogens (tertiary/aromatic N) is 2. The van der Waals surface area contributed by atoms with Crippen LogP contribution in [0.5, 0.6) is 5.75 Å². The van der Waals surface area contributed by atoms with Crippen LogP contribution in [-0.4, -0.2) is 34.7 Å². The van der Waals surface area contributed by atoms with E-state index in [1.54, 1.807) is 43.5 Å². The van der Waals surface area contributed by atoms with Gasteiger partial charge in [-0.1, -0.05) is 18.2 Å². The summed E-state index contributed by atoms with van der Waals surface area (Å²) in [6.45, 7) is -0.0776. The Morgan fingerprint density at radius 2 is 1.96 bits per heavy atom. The van der Waals surface area contributed by atoms with Crippen molar-refractivity contribution in [1.82, 2.24) is 4.90 Å². The zero-order valence-corrected chi connectivity index (χ0v) is 15.1. The van der Waals surface area contributed by atoms with E-state index >= 15 is 0 Å². The SMILES string of the molecule is COc1ccc(C=C2SC(=O)N(CNc3cccc([N+](=O)[O-])c3)C2=O)cc1. The van der Waals surface area contributed by atoms with Crippen molar-refractivity contribution in [2.45, 2.75) is 0 Å². The molecular formula is C18H15N3O5S. The van der Waals surface area contributed by atoms with Gasteiger partial charge < -0.3 is 10.1 Å². The van der Waals surface area contributed by atoms with Crippen LogP contribution in [0.1, 0.15) is 5.56 Å². The van der Waals surface area contributed by atoms with Gasteiger partial charge in [-0.2, -0.15) is 0 Å². The van der Waals surface area contributed by atoms with Gasteiger partial charge in [-0.05, 0) is 41.6 Å². The molecule has 1 aliphatic heterocycles. The van der Waals surface area contributed by atoms with Crippen molar-refractivity contribution in [2.75, 3.05) is 19.1 Å². The summed E-state index contributed by atoms with van der Waals surface area (Å²) in [6.07, 6.45) is 1.64. The lowest BCUT2D eigenvalue weighted by Crippen LogP contribution is -2.33. The predicted octanol–water partition coefficient (Wildman–Crippen LogP) is 3.71. The molecule has 0 aromatic heterocycles. The third-order valence-corrected chi connectivity index (χ3v) is 4.69. The Bertz CT molecular complexity index is 927. The Hall–Kier alpha value is -3.33. The van der Waals surface area contributed by atoms with Gasteiger partial charge in [-0.15, -0.1) is 0 Å². The summed E-state index contributed by atoms with van der Waals surface area (Å²) < 4.78 is 5.09. The van der Waals surface area contributed by atoms with E-state index in [9.17, 15) is 19.7 Å². The highest BCUT2D eigenvalue weighted by Gasteiger charge is 2.34. The van der Waals surface area contributed by atoms with Crippen molar-refractivity contribution >= 4 is 40.4 Å². The Kier molecular flexibility index (Phi) is 5.41. The first-order chi connectivity index (χ1) is 13.0. The molecule has 1 fully saturated rings. The van der Waals surface area contributed by atoms with Crippen LogP contribution in [0.15, 0.2) is 53.4 Å². The van der Waals surface area contributed by atoms with Gasteiger partial charge in [-0.25, -0.2) is 0 Å².